The highest BCUT2D eigenvalue weighted by Crippen LogP contribution is 2.49. The average Bonchev–Trinajstić information content (AvgIpc) is 3.07. The Balaban J connectivity index is 1.98. The monoisotopic (exact) mass is 262 g/mol. The van der Waals surface area contributed by atoms with Crippen LogP contribution in [0.1, 0.15) is 43.7 Å². The standard InChI is InChI=1S/C15H22N2S/c1-3-6-15(7-8-15)10-17-12-4-5-13(14(16)18)11(2)9-12/h4-5,9,17H,3,6-8,10H2,1-2H3,(H2,16,18). The van der Waals surface area contributed by atoms with E-state index in [2.05, 4.69) is 31.3 Å². The molecule has 0 saturated heterocycles. The Bertz CT molecular complexity index is 450. The van der Waals surface area contributed by atoms with Gasteiger partial charge in [0.15, 0.2) is 0 Å². The maximum Gasteiger partial charge on any atom is 0.104 e. The van der Waals surface area contributed by atoms with E-state index in [1.807, 2.05) is 6.07 Å². The van der Waals surface area contributed by atoms with E-state index in [9.17, 15) is 0 Å². The third kappa shape index (κ3) is 3.02. The zero-order valence-electron chi connectivity index (χ0n) is 11.3. The first-order chi connectivity index (χ1) is 8.56. The van der Waals surface area contributed by atoms with Crippen LogP contribution in [-0.4, -0.2) is 11.5 Å². The van der Waals surface area contributed by atoms with Gasteiger partial charge >= 0.3 is 0 Å². The molecule has 1 aromatic rings. The Morgan fingerprint density at radius 2 is 2.17 bits per heavy atom. The minimum atomic E-state index is 0.476. The number of nitrogens with one attached hydrogen (secondary N) is 1. The predicted molar refractivity (Wildman–Crippen MR) is 82.1 cm³/mol. The predicted octanol–water partition coefficient (Wildman–Crippen LogP) is 3.62. The van der Waals surface area contributed by atoms with Gasteiger partial charge in [0.25, 0.3) is 0 Å². The number of nitrogens with two attached hydrogens (primary N) is 1. The van der Waals surface area contributed by atoms with Crippen molar-refractivity contribution in [1.82, 2.24) is 0 Å². The zero-order chi connectivity index (χ0) is 13.2. The fraction of sp³-hybridized carbons (Fsp3) is 0.533. The molecule has 0 bridgehead atoms. The number of hydrogen-bond donors (Lipinski definition) is 2. The summed E-state index contributed by atoms with van der Waals surface area (Å²) in [5, 5.41) is 3.56. The number of benzene rings is 1. The molecular weight excluding hydrogens is 240 g/mol. The van der Waals surface area contributed by atoms with Gasteiger partial charge in [-0.25, -0.2) is 0 Å². The molecule has 3 heteroatoms. The lowest BCUT2D eigenvalue weighted by Gasteiger charge is -2.16. The normalized spacial score (nSPS) is 16.3. The molecule has 1 saturated carbocycles. The molecule has 0 spiro atoms. The molecule has 0 aromatic heterocycles. The van der Waals surface area contributed by atoms with E-state index < -0.39 is 0 Å². The summed E-state index contributed by atoms with van der Waals surface area (Å²) < 4.78 is 0. The Labute approximate surface area is 115 Å². The Morgan fingerprint density at radius 3 is 2.67 bits per heavy atom. The molecule has 0 amide bonds. The quantitative estimate of drug-likeness (QED) is 0.769. The van der Waals surface area contributed by atoms with Crippen molar-refractivity contribution in [3.8, 4) is 0 Å². The molecule has 1 fully saturated rings. The zero-order valence-corrected chi connectivity index (χ0v) is 12.1. The molecule has 1 aliphatic carbocycles. The highest BCUT2D eigenvalue weighted by Gasteiger charge is 2.40. The lowest BCUT2D eigenvalue weighted by molar-refractivity contribution is 0.486. The van der Waals surface area contributed by atoms with Crippen molar-refractivity contribution < 1.29 is 0 Å². The topological polar surface area (TPSA) is 38.0 Å². The molecule has 18 heavy (non-hydrogen) atoms. The number of anilines is 1. The second-order valence-corrected chi connectivity index (χ2v) is 5.94. The van der Waals surface area contributed by atoms with Crippen LogP contribution in [0.3, 0.4) is 0 Å². The van der Waals surface area contributed by atoms with Gasteiger partial charge in [-0.1, -0.05) is 25.6 Å². The summed E-state index contributed by atoms with van der Waals surface area (Å²) in [5.41, 5.74) is 9.54. The third-order valence-electron chi connectivity index (χ3n) is 3.90. The van der Waals surface area contributed by atoms with Crippen molar-refractivity contribution in [2.45, 2.75) is 39.5 Å². The molecule has 0 radical (unpaired) electrons. The van der Waals surface area contributed by atoms with E-state index in [0.29, 0.717) is 10.4 Å². The van der Waals surface area contributed by atoms with Gasteiger partial charge in [-0.05, 0) is 55.4 Å². The molecule has 0 atom stereocenters. The van der Waals surface area contributed by atoms with Crippen LogP contribution in [0.15, 0.2) is 18.2 Å². The Kier molecular flexibility index (Phi) is 3.91. The van der Waals surface area contributed by atoms with Crippen LogP contribution < -0.4 is 11.1 Å². The molecular formula is C15H22N2S. The fourth-order valence-corrected chi connectivity index (χ4v) is 2.79. The van der Waals surface area contributed by atoms with Crippen molar-refractivity contribution >= 4 is 22.9 Å². The summed E-state index contributed by atoms with van der Waals surface area (Å²) in [6.45, 7) is 5.41. The van der Waals surface area contributed by atoms with E-state index in [1.165, 1.54) is 31.4 Å². The van der Waals surface area contributed by atoms with Gasteiger partial charge in [-0.2, -0.15) is 0 Å². The molecule has 2 rings (SSSR count). The molecule has 0 heterocycles. The fourth-order valence-electron chi connectivity index (χ4n) is 2.56. The molecule has 2 nitrogen and oxygen atoms in total. The Morgan fingerprint density at radius 1 is 1.44 bits per heavy atom. The van der Waals surface area contributed by atoms with Crippen LogP contribution in [-0.2, 0) is 0 Å². The molecule has 3 N–H and O–H groups in total. The first kappa shape index (κ1) is 13.3. The first-order valence-corrected chi connectivity index (χ1v) is 7.11. The summed E-state index contributed by atoms with van der Waals surface area (Å²) in [6, 6.07) is 6.22. The third-order valence-corrected chi connectivity index (χ3v) is 4.12. The van der Waals surface area contributed by atoms with Crippen molar-refractivity contribution in [3.63, 3.8) is 0 Å². The Hall–Kier alpha value is -1.09. The summed E-state index contributed by atoms with van der Waals surface area (Å²) in [7, 11) is 0. The maximum atomic E-state index is 5.67. The van der Waals surface area contributed by atoms with E-state index >= 15 is 0 Å². The summed E-state index contributed by atoms with van der Waals surface area (Å²) in [6.07, 6.45) is 5.36. The highest BCUT2D eigenvalue weighted by atomic mass is 32.1. The van der Waals surface area contributed by atoms with Crippen molar-refractivity contribution in [2.75, 3.05) is 11.9 Å². The molecule has 1 aromatic carbocycles. The molecule has 98 valence electrons. The van der Waals surface area contributed by atoms with Gasteiger partial charge in [-0.15, -0.1) is 0 Å². The van der Waals surface area contributed by atoms with Crippen molar-refractivity contribution in [2.24, 2.45) is 11.1 Å². The second kappa shape index (κ2) is 5.27. The van der Waals surface area contributed by atoms with Crippen LogP contribution in [0.5, 0.6) is 0 Å². The minimum Gasteiger partial charge on any atom is -0.389 e. The smallest absolute Gasteiger partial charge is 0.104 e. The maximum absolute atomic E-state index is 5.67. The molecule has 0 unspecified atom stereocenters. The lowest BCUT2D eigenvalue weighted by Crippen LogP contribution is -2.16. The van der Waals surface area contributed by atoms with Crippen molar-refractivity contribution in [3.05, 3.63) is 29.3 Å². The minimum absolute atomic E-state index is 0.476. The van der Waals surface area contributed by atoms with Gasteiger partial charge in [0.2, 0.25) is 0 Å². The summed E-state index contributed by atoms with van der Waals surface area (Å²) in [5.74, 6) is 0. The van der Waals surface area contributed by atoms with Gasteiger partial charge in [-0.3, -0.25) is 0 Å². The van der Waals surface area contributed by atoms with Crippen LogP contribution in [0, 0.1) is 12.3 Å². The van der Waals surface area contributed by atoms with Gasteiger partial charge in [0.05, 0.1) is 0 Å². The van der Waals surface area contributed by atoms with E-state index in [4.69, 9.17) is 18.0 Å². The number of aryl methyl sites for hydroxylation is 1. The van der Waals surface area contributed by atoms with Crippen LogP contribution >= 0.6 is 12.2 Å². The number of hydrogen-bond acceptors (Lipinski definition) is 2. The summed E-state index contributed by atoms with van der Waals surface area (Å²) in [4.78, 5) is 0.476. The van der Waals surface area contributed by atoms with Gasteiger partial charge in [0.1, 0.15) is 4.99 Å². The number of rotatable bonds is 6. The second-order valence-electron chi connectivity index (χ2n) is 5.50. The molecule has 0 aliphatic heterocycles. The van der Waals surface area contributed by atoms with E-state index in [-0.39, 0.29) is 0 Å². The van der Waals surface area contributed by atoms with Gasteiger partial charge in [0, 0.05) is 17.8 Å². The average molecular weight is 262 g/mol. The first-order valence-electron chi connectivity index (χ1n) is 6.71. The SMILES string of the molecule is CCCC1(CNc2ccc(C(N)=S)c(C)c2)CC1. The van der Waals surface area contributed by atoms with Gasteiger partial charge < -0.3 is 11.1 Å². The lowest BCUT2D eigenvalue weighted by atomic mass is 10.0. The number of thiocarbonyl (C=S) groups is 1. The molecule has 1 aliphatic rings. The van der Waals surface area contributed by atoms with E-state index in [1.54, 1.807) is 0 Å². The van der Waals surface area contributed by atoms with E-state index in [0.717, 1.165) is 17.7 Å². The van der Waals surface area contributed by atoms with Crippen LogP contribution in [0.25, 0.3) is 0 Å². The van der Waals surface area contributed by atoms with Crippen molar-refractivity contribution in [1.29, 1.82) is 0 Å². The van der Waals surface area contributed by atoms with Crippen LogP contribution in [0.4, 0.5) is 5.69 Å². The highest BCUT2D eigenvalue weighted by molar-refractivity contribution is 7.80. The van der Waals surface area contributed by atoms with Crippen LogP contribution in [0.2, 0.25) is 0 Å². The largest absolute Gasteiger partial charge is 0.389 e. The summed E-state index contributed by atoms with van der Waals surface area (Å²) >= 11 is 5.02.